The van der Waals surface area contributed by atoms with Gasteiger partial charge in [-0.25, -0.2) is 4.98 Å². The Morgan fingerprint density at radius 2 is 2.29 bits per heavy atom. The number of aromatic nitrogens is 3. The molecule has 0 unspecified atom stereocenters. The molecule has 0 amide bonds. The van der Waals surface area contributed by atoms with Crippen LogP contribution in [0.5, 0.6) is 0 Å². The molecule has 2 heterocycles. The Hall–Kier alpha value is -2.28. The molecule has 2 aromatic heterocycles. The lowest BCUT2D eigenvalue weighted by atomic mass is 10.2. The fraction of sp³-hybridized carbons (Fsp3) is 0.214. The number of carboxylic acid groups (broad SMARTS) is 1. The average Bonchev–Trinajstić information content (AvgIpc) is 3.06. The van der Waals surface area contributed by atoms with Crippen LogP contribution in [-0.2, 0) is 11.3 Å². The van der Waals surface area contributed by atoms with Crippen molar-refractivity contribution in [1.29, 1.82) is 0 Å². The van der Waals surface area contributed by atoms with E-state index in [4.69, 9.17) is 9.63 Å². The van der Waals surface area contributed by atoms with E-state index in [-0.39, 0.29) is 5.75 Å². The Morgan fingerprint density at radius 3 is 3.00 bits per heavy atom. The summed E-state index contributed by atoms with van der Waals surface area (Å²) in [5, 5.41) is 13.4. The van der Waals surface area contributed by atoms with Gasteiger partial charge in [-0.05, 0) is 24.6 Å². The first-order valence-electron chi connectivity index (χ1n) is 6.34. The van der Waals surface area contributed by atoms with Gasteiger partial charge in [-0.1, -0.05) is 23.0 Å². The van der Waals surface area contributed by atoms with Gasteiger partial charge >= 0.3 is 5.97 Å². The van der Waals surface area contributed by atoms with Crippen molar-refractivity contribution in [1.82, 2.24) is 14.7 Å². The number of thioether (sulfide) groups is 1. The summed E-state index contributed by atoms with van der Waals surface area (Å²) in [6, 6.07) is 7.75. The highest BCUT2D eigenvalue weighted by Crippen LogP contribution is 2.25. The van der Waals surface area contributed by atoms with Crippen LogP contribution in [0.15, 0.2) is 40.2 Å². The van der Waals surface area contributed by atoms with Crippen LogP contribution in [0.25, 0.3) is 11.0 Å². The Balaban J connectivity index is 2.04. The summed E-state index contributed by atoms with van der Waals surface area (Å²) in [7, 11) is 0. The number of fused-ring (bicyclic) bond motifs is 1. The molecule has 1 N–H and O–H groups in total. The Kier molecular flexibility index (Phi) is 3.66. The third-order valence-electron chi connectivity index (χ3n) is 3.00. The zero-order valence-electron chi connectivity index (χ0n) is 11.3. The molecule has 0 aliphatic heterocycles. The van der Waals surface area contributed by atoms with Gasteiger partial charge in [0.05, 0.1) is 23.3 Å². The molecule has 108 valence electrons. The molecule has 6 nitrogen and oxygen atoms in total. The minimum Gasteiger partial charge on any atom is -0.481 e. The maximum atomic E-state index is 10.8. The first-order valence-corrected chi connectivity index (χ1v) is 7.33. The summed E-state index contributed by atoms with van der Waals surface area (Å²) in [6.07, 6.45) is 1.52. The third kappa shape index (κ3) is 2.92. The van der Waals surface area contributed by atoms with E-state index in [1.54, 1.807) is 6.07 Å². The predicted octanol–water partition coefficient (Wildman–Crippen LogP) is 2.56. The van der Waals surface area contributed by atoms with Gasteiger partial charge in [-0.2, -0.15) is 0 Å². The highest BCUT2D eigenvalue weighted by molar-refractivity contribution is 7.99. The smallest absolute Gasteiger partial charge is 0.313 e. The highest BCUT2D eigenvalue weighted by atomic mass is 32.2. The van der Waals surface area contributed by atoms with E-state index in [9.17, 15) is 4.79 Å². The van der Waals surface area contributed by atoms with E-state index in [1.807, 2.05) is 29.7 Å². The van der Waals surface area contributed by atoms with Gasteiger partial charge in [0.2, 0.25) is 0 Å². The van der Waals surface area contributed by atoms with E-state index in [0.29, 0.717) is 11.7 Å². The molecule has 0 saturated heterocycles. The summed E-state index contributed by atoms with van der Waals surface area (Å²) < 4.78 is 6.82. The normalized spacial score (nSPS) is 11.1. The maximum Gasteiger partial charge on any atom is 0.313 e. The molecule has 0 spiro atoms. The molecule has 3 aromatic rings. The number of aryl methyl sites for hydroxylation is 1. The Bertz CT molecular complexity index is 780. The van der Waals surface area contributed by atoms with Crippen molar-refractivity contribution in [2.45, 2.75) is 18.6 Å². The van der Waals surface area contributed by atoms with Crippen LogP contribution < -0.4 is 0 Å². The lowest BCUT2D eigenvalue weighted by molar-refractivity contribution is -0.133. The van der Waals surface area contributed by atoms with Crippen LogP contribution in [0.1, 0.15) is 11.3 Å². The van der Waals surface area contributed by atoms with Gasteiger partial charge in [-0.3, -0.25) is 4.79 Å². The predicted molar refractivity (Wildman–Crippen MR) is 78.4 cm³/mol. The number of hydrogen-bond donors (Lipinski definition) is 1. The zero-order chi connectivity index (χ0) is 14.8. The van der Waals surface area contributed by atoms with Crippen LogP contribution in [0.4, 0.5) is 0 Å². The van der Waals surface area contributed by atoms with Gasteiger partial charge in [0.1, 0.15) is 12.0 Å². The molecule has 3 rings (SSSR count). The largest absolute Gasteiger partial charge is 0.481 e. The molecule has 0 bridgehead atoms. The van der Waals surface area contributed by atoms with Gasteiger partial charge in [0.25, 0.3) is 0 Å². The van der Waals surface area contributed by atoms with Crippen LogP contribution in [0.2, 0.25) is 0 Å². The summed E-state index contributed by atoms with van der Waals surface area (Å²) in [5.41, 5.74) is 3.70. The summed E-state index contributed by atoms with van der Waals surface area (Å²) >= 11 is 1.20. The zero-order valence-corrected chi connectivity index (χ0v) is 12.1. The van der Waals surface area contributed by atoms with Crippen molar-refractivity contribution in [2.75, 3.05) is 5.75 Å². The number of hydrogen-bond acceptors (Lipinski definition) is 5. The summed E-state index contributed by atoms with van der Waals surface area (Å²) in [6.45, 7) is 2.51. The molecule has 1 aromatic carbocycles. The third-order valence-corrected chi connectivity index (χ3v) is 3.97. The standard InChI is InChI=1S/C14H13N3O3S/c1-9-2-3-11-12(6-9)17(7-10-4-5-20-16-10)14(15-11)21-8-13(18)19/h2-6H,7-8H2,1H3,(H,18,19). The molecule has 0 aliphatic rings. The van der Waals surface area contributed by atoms with Crippen molar-refractivity contribution in [2.24, 2.45) is 0 Å². The number of carbonyl (C=O) groups is 1. The van der Waals surface area contributed by atoms with Crippen molar-refractivity contribution in [3.63, 3.8) is 0 Å². The number of rotatable bonds is 5. The number of imidazole rings is 1. The van der Waals surface area contributed by atoms with E-state index in [1.165, 1.54) is 18.0 Å². The SMILES string of the molecule is Cc1ccc2nc(SCC(=O)O)n(Cc3ccon3)c2c1. The molecule has 7 heteroatoms. The van der Waals surface area contributed by atoms with Crippen molar-refractivity contribution >= 4 is 28.8 Å². The van der Waals surface area contributed by atoms with Crippen LogP contribution in [0, 0.1) is 6.92 Å². The molecular formula is C14H13N3O3S. The second-order valence-electron chi connectivity index (χ2n) is 4.65. The second-order valence-corrected chi connectivity index (χ2v) is 5.59. The van der Waals surface area contributed by atoms with Crippen molar-refractivity contribution < 1.29 is 14.4 Å². The molecule has 0 aliphatic carbocycles. The molecule has 0 atom stereocenters. The number of aliphatic carboxylic acids is 1. The molecule has 0 saturated carbocycles. The lowest BCUT2D eigenvalue weighted by Gasteiger charge is -2.06. The van der Waals surface area contributed by atoms with Crippen molar-refractivity contribution in [3.8, 4) is 0 Å². The van der Waals surface area contributed by atoms with Gasteiger partial charge in [0, 0.05) is 6.07 Å². The van der Waals surface area contributed by atoms with E-state index in [2.05, 4.69) is 10.1 Å². The fourth-order valence-electron chi connectivity index (χ4n) is 2.08. The van der Waals surface area contributed by atoms with E-state index >= 15 is 0 Å². The lowest BCUT2D eigenvalue weighted by Crippen LogP contribution is -2.04. The van der Waals surface area contributed by atoms with E-state index < -0.39 is 5.97 Å². The van der Waals surface area contributed by atoms with Crippen LogP contribution >= 0.6 is 11.8 Å². The Morgan fingerprint density at radius 1 is 1.43 bits per heavy atom. The quantitative estimate of drug-likeness (QED) is 0.730. The maximum absolute atomic E-state index is 10.8. The Labute approximate surface area is 124 Å². The number of nitrogens with zero attached hydrogens (tertiary/aromatic N) is 3. The summed E-state index contributed by atoms with van der Waals surface area (Å²) in [5.74, 6) is -0.891. The fourth-order valence-corrected chi connectivity index (χ4v) is 2.82. The van der Waals surface area contributed by atoms with E-state index in [0.717, 1.165) is 22.3 Å². The minimum atomic E-state index is -0.865. The topological polar surface area (TPSA) is 81.1 Å². The first-order chi connectivity index (χ1) is 10.1. The average molecular weight is 303 g/mol. The first kappa shape index (κ1) is 13.7. The van der Waals surface area contributed by atoms with Gasteiger partial charge in [0.15, 0.2) is 5.16 Å². The minimum absolute atomic E-state index is 0.0267. The number of benzene rings is 1. The molecule has 0 fully saturated rings. The molecule has 0 radical (unpaired) electrons. The van der Waals surface area contributed by atoms with Gasteiger partial charge in [-0.15, -0.1) is 0 Å². The van der Waals surface area contributed by atoms with Crippen LogP contribution in [0.3, 0.4) is 0 Å². The molecule has 21 heavy (non-hydrogen) atoms. The van der Waals surface area contributed by atoms with Crippen molar-refractivity contribution in [3.05, 3.63) is 41.8 Å². The highest BCUT2D eigenvalue weighted by Gasteiger charge is 2.14. The van der Waals surface area contributed by atoms with Crippen LogP contribution in [-0.4, -0.2) is 31.5 Å². The second kappa shape index (κ2) is 5.61. The summed E-state index contributed by atoms with van der Waals surface area (Å²) in [4.78, 5) is 15.3. The number of carboxylic acids is 1. The monoisotopic (exact) mass is 303 g/mol. The van der Waals surface area contributed by atoms with Gasteiger partial charge < -0.3 is 14.2 Å². The molecular weight excluding hydrogens is 290 g/mol.